The maximum atomic E-state index is 13.9. The minimum absolute atomic E-state index is 0.304. The molecule has 0 spiro atoms. The lowest BCUT2D eigenvalue weighted by atomic mass is 9.97. The first kappa shape index (κ1) is 25.4. The normalized spacial score (nSPS) is 14.8. The molecule has 1 aliphatic heterocycles. The van der Waals surface area contributed by atoms with E-state index in [-0.39, 0.29) is 11.9 Å². The molecule has 8 nitrogen and oxygen atoms in total. The summed E-state index contributed by atoms with van der Waals surface area (Å²) in [5.41, 5.74) is 2.81. The molecule has 0 aliphatic carbocycles. The number of rotatable bonds is 8. The Bertz CT molecular complexity index is 1280. The van der Waals surface area contributed by atoms with Crippen LogP contribution >= 0.6 is 15.9 Å². The molecule has 1 aliphatic rings. The second kappa shape index (κ2) is 10.9. The van der Waals surface area contributed by atoms with E-state index in [0.29, 0.717) is 40.7 Å². The van der Waals surface area contributed by atoms with Crippen molar-refractivity contribution in [3.63, 3.8) is 0 Å². The Kier molecular flexibility index (Phi) is 7.69. The van der Waals surface area contributed by atoms with E-state index in [1.54, 1.807) is 32.4 Å². The summed E-state index contributed by atoms with van der Waals surface area (Å²) in [5, 5.41) is 6.29. The van der Waals surface area contributed by atoms with Gasteiger partial charge < -0.3 is 23.7 Å². The highest BCUT2D eigenvalue weighted by molar-refractivity contribution is 9.10. The second-order valence-electron chi connectivity index (χ2n) is 7.95. The zero-order valence-electron chi connectivity index (χ0n) is 20.7. The fourth-order valence-corrected chi connectivity index (χ4v) is 4.62. The molecule has 0 unspecified atom stereocenters. The fourth-order valence-electron chi connectivity index (χ4n) is 4.21. The number of benzene rings is 3. The Labute approximate surface area is 218 Å². The third-order valence-electron chi connectivity index (χ3n) is 5.98. The number of ether oxygens (including phenoxy) is 5. The van der Waals surface area contributed by atoms with Crippen LogP contribution in [0.1, 0.15) is 33.9 Å². The third kappa shape index (κ3) is 4.83. The van der Waals surface area contributed by atoms with Gasteiger partial charge in [0.25, 0.3) is 5.91 Å². The number of carbonyl (C=O) groups excluding carboxylic acids is 1. The molecule has 0 saturated carbocycles. The Hall–Kier alpha value is -3.72. The van der Waals surface area contributed by atoms with Gasteiger partial charge in [0.1, 0.15) is 11.5 Å². The Morgan fingerprint density at radius 1 is 0.861 bits per heavy atom. The third-order valence-corrected chi connectivity index (χ3v) is 6.48. The highest BCUT2D eigenvalue weighted by Crippen LogP contribution is 2.41. The first-order valence-electron chi connectivity index (χ1n) is 11.1. The van der Waals surface area contributed by atoms with Crippen LogP contribution in [0, 0.1) is 0 Å². The van der Waals surface area contributed by atoms with Crippen LogP contribution in [0.4, 0.5) is 0 Å². The highest BCUT2D eigenvalue weighted by Gasteiger charge is 2.35. The number of halogens is 1. The van der Waals surface area contributed by atoms with Crippen LogP contribution in [0.2, 0.25) is 0 Å². The molecular formula is C27H27BrN2O6. The maximum absolute atomic E-state index is 13.9. The molecule has 9 heteroatoms. The SMILES string of the molecule is COc1ccc(C2=NN(C(=O)c3cc(OC)c(OC)c(OC)c3)[C@@H](c3cccc(Br)c3)C2)c(OC)c1. The van der Waals surface area contributed by atoms with Crippen LogP contribution in [0.25, 0.3) is 0 Å². The minimum atomic E-state index is -0.337. The van der Waals surface area contributed by atoms with E-state index >= 15 is 0 Å². The number of hydrazone groups is 1. The number of carbonyl (C=O) groups is 1. The first-order chi connectivity index (χ1) is 17.4. The summed E-state index contributed by atoms with van der Waals surface area (Å²) in [4.78, 5) is 13.9. The van der Waals surface area contributed by atoms with Crippen molar-refractivity contribution < 1.29 is 28.5 Å². The lowest BCUT2D eigenvalue weighted by Gasteiger charge is -2.23. The summed E-state index contributed by atoms with van der Waals surface area (Å²) in [7, 11) is 7.74. The monoisotopic (exact) mass is 554 g/mol. The van der Waals surface area contributed by atoms with Gasteiger partial charge in [0.2, 0.25) is 5.75 Å². The Balaban J connectivity index is 1.82. The van der Waals surface area contributed by atoms with Crippen molar-refractivity contribution in [3.8, 4) is 28.7 Å². The number of hydrogen-bond donors (Lipinski definition) is 0. The van der Waals surface area contributed by atoms with Crippen LogP contribution in [0.5, 0.6) is 28.7 Å². The van der Waals surface area contributed by atoms with Crippen LogP contribution in [-0.2, 0) is 0 Å². The van der Waals surface area contributed by atoms with Crippen molar-refractivity contribution in [3.05, 3.63) is 75.8 Å². The average molecular weight is 555 g/mol. The predicted octanol–water partition coefficient (Wildman–Crippen LogP) is 5.48. The second-order valence-corrected chi connectivity index (χ2v) is 8.87. The molecule has 3 aromatic rings. The standard InChI is InChI=1S/C27H27BrN2O6/c1-32-19-9-10-20(23(14-19)33-2)21-15-22(16-7-6-8-18(28)11-16)30(29-21)27(31)17-12-24(34-3)26(36-5)25(13-17)35-4/h6-14,22H,15H2,1-5H3/t22-/m1/s1. The summed E-state index contributed by atoms with van der Waals surface area (Å²) in [6.45, 7) is 0. The van der Waals surface area contributed by atoms with Gasteiger partial charge in [0.05, 0.1) is 47.3 Å². The van der Waals surface area contributed by atoms with Gasteiger partial charge in [-0.3, -0.25) is 4.79 Å². The van der Waals surface area contributed by atoms with Gasteiger partial charge >= 0.3 is 0 Å². The topological polar surface area (TPSA) is 78.8 Å². The molecular weight excluding hydrogens is 528 g/mol. The van der Waals surface area contributed by atoms with Crippen molar-refractivity contribution in [1.82, 2.24) is 5.01 Å². The van der Waals surface area contributed by atoms with E-state index < -0.39 is 0 Å². The van der Waals surface area contributed by atoms with Crippen LogP contribution in [0.3, 0.4) is 0 Å². The van der Waals surface area contributed by atoms with E-state index in [9.17, 15) is 4.79 Å². The smallest absolute Gasteiger partial charge is 0.274 e. The van der Waals surface area contributed by atoms with Gasteiger partial charge in [-0.2, -0.15) is 5.10 Å². The largest absolute Gasteiger partial charge is 0.497 e. The van der Waals surface area contributed by atoms with Crippen molar-refractivity contribution in [2.45, 2.75) is 12.5 Å². The number of amides is 1. The van der Waals surface area contributed by atoms with Crippen LogP contribution < -0.4 is 23.7 Å². The van der Waals surface area contributed by atoms with E-state index in [0.717, 1.165) is 21.3 Å². The molecule has 1 heterocycles. The molecule has 0 saturated heterocycles. The predicted molar refractivity (Wildman–Crippen MR) is 140 cm³/mol. The van der Waals surface area contributed by atoms with Gasteiger partial charge in [-0.15, -0.1) is 0 Å². The van der Waals surface area contributed by atoms with E-state index in [4.69, 9.17) is 28.8 Å². The van der Waals surface area contributed by atoms with E-state index in [1.165, 1.54) is 26.3 Å². The average Bonchev–Trinajstić information content (AvgIpc) is 3.36. The summed E-state index contributed by atoms with van der Waals surface area (Å²) in [6, 6.07) is 16.3. The fraction of sp³-hybridized carbons (Fsp3) is 0.259. The zero-order valence-corrected chi connectivity index (χ0v) is 22.3. The van der Waals surface area contributed by atoms with E-state index in [2.05, 4.69) is 15.9 Å². The lowest BCUT2D eigenvalue weighted by Crippen LogP contribution is -2.27. The molecule has 0 aromatic heterocycles. The molecule has 188 valence electrons. The maximum Gasteiger partial charge on any atom is 0.274 e. The van der Waals surface area contributed by atoms with Crippen molar-refractivity contribution in [2.75, 3.05) is 35.5 Å². The highest BCUT2D eigenvalue weighted by atomic mass is 79.9. The number of nitrogens with zero attached hydrogens (tertiary/aromatic N) is 2. The van der Waals surface area contributed by atoms with Crippen LogP contribution in [-0.4, -0.2) is 52.2 Å². The van der Waals surface area contributed by atoms with Crippen molar-refractivity contribution >= 4 is 27.5 Å². The van der Waals surface area contributed by atoms with Crippen molar-refractivity contribution in [1.29, 1.82) is 0 Å². The van der Waals surface area contributed by atoms with Crippen molar-refractivity contribution in [2.24, 2.45) is 5.10 Å². The molecule has 0 radical (unpaired) electrons. The first-order valence-corrected chi connectivity index (χ1v) is 11.9. The molecule has 4 rings (SSSR count). The zero-order chi connectivity index (χ0) is 25.8. The quantitative estimate of drug-likeness (QED) is 0.366. The summed E-state index contributed by atoms with van der Waals surface area (Å²) in [6.07, 6.45) is 0.495. The Morgan fingerprint density at radius 3 is 2.14 bits per heavy atom. The lowest BCUT2D eigenvalue weighted by molar-refractivity contribution is 0.0710. The summed E-state index contributed by atoms with van der Waals surface area (Å²) in [5.74, 6) is 2.17. The number of hydrogen-bond acceptors (Lipinski definition) is 7. The van der Waals surface area contributed by atoms with Gasteiger partial charge in [-0.25, -0.2) is 5.01 Å². The summed E-state index contributed by atoms with van der Waals surface area (Å²) < 4.78 is 28.2. The minimum Gasteiger partial charge on any atom is -0.497 e. The van der Waals surface area contributed by atoms with E-state index in [1.807, 2.05) is 36.4 Å². The summed E-state index contributed by atoms with van der Waals surface area (Å²) >= 11 is 3.54. The van der Waals surface area contributed by atoms with Gasteiger partial charge in [-0.1, -0.05) is 28.1 Å². The van der Waals surface area contributed by atoms with Gasteiger partial charge in [0, 0.05) is 28.1 Å². The van der Waals surface area contributed by atoms with Crippen LogP contribution in [0.15, 0.2) is 64.2 Å². The molecule has 0 fully saturated rings. The van der Waals surface area contributed by atoms with Gasteiger partial charge in [0.15, 0.2) is 11.5 Å². The molecule has 1 atom stereocenters. The molecule has 36 heavy (non-hydrogen) atoms. The molecule has 1 amide bonds. The molecule has 0 bridgehead atoms. The molecule has 0 N–H and O–H groups in total. The molecule has 3 aromatic carbocycles. The number of methoxy groups -OCH3 is 5. The Morgan fingerprint density at radius 2 is 1.56 bits per heavy atom. The van der Waals surface area contributed by atoms with Gasteiger partial charge in [-0.05, 0) is 42.0 Å².